The number of sulfonamides is 1. The van der Waals surface area contributed by atoms with Gasteiger partial charge in [-0.1, -0.05) is 11.6 Å². The van der Waals surface area contributed by atoms with E-state index in [1.54, 1.807) is 42.6 Å². The molecule has 0 fully saturated rings. The second-order valence-corrected chi connectivity index (χ2v) is 7.76. The first-order valence-corrected chi connectivity index (χ1v) is 9.93. The highest BCUT2D eigenvalue weighted by atomic mass is 35.5. The van der Waals surface area contributed by atoms with Crippen LogP contribution in [0.25, 0.3) is 0 Å². The molecule has 144 valence electrons. The predicted molar refractivity (Wildman–Crippen MR) is 107 cm³/mol. The second-order valence-electron chi connectivity index (χ2n) is 5.67. The maximum absolute atomic E-state index is 12.7. The highest BCUT2D eigenvalue weighted by molar-refractivity contribution is 7.92. The van der Waals surface area contributed by atoms with Gasteiger partial charge in [0, 0.05) is 18.1 Å². The monoisotopic (exact) mass is 417 g/mol. The third-order valence-corrected chi connectivity index (χ3v) is 5.47. The molecule has 0 aliphatic heterocycles. The van der Waals surface area contributed by atoms with E-state index in [0.717, 1.165) is 0 Å². The second kappa shape index (κ2) is 8.28. The third kappa shape index (κ3) is 4.59. The van der Waals surface area contributed by atoms with Crippen LogP contribution in [0.15, 0.2) is 71.9 Å². The Morgan fingerprint density at radius 2 is 1.86 bits per heavy atom. The number of methoxy groups -OCH3 is 1. The topological polar surface area (TPSA) is 97.4 Å². The van der Waals surface area contributed by atoms with Crippen molar-refractivity contribution >= 4 is 38.9 Å². The zero-order chi connectivity index (χ0) is 20.1. The number of amides is 1. The van der Waals surface area contributed by atoms with Gasteiger partial charge in [0.05, 0.1) is 28.3 Å². The molecule has 28 heavy (non-hydrogen) atoms. The molecule has 0 atom stereocenters. The number of hydrogen-bond donors (Lipinski definition) is 2. The van der Waals surface area contributed by atoms with E-state index in [1.165, 1.54) is 31.5 Å². The summed E-state index contributed by atoms with van der Waals surface area (Å²) < 4.78 is 32.9. The van der Waals surface area contributed by atoms with Crippen molar-refractivity contribution in [2.24, 2.45) is 0 Å². The van der Waals surface area contributed by atoms with Gasteiger partial charge in [-0.05, 0) is 54.6 Å². The Morgan fingerprint density at radius 3 is 2.50 bits per heavy atom. The molecule has 0 radical (unpaired) electrons. The lowest BCUT2D eigenvalue weighted by atomic mass is 10.2. The van der Waals surface area contributed by atoms with Crippen molar-refractivity contribution in [2.75, 3.05) is 17.1 Å². The van der Waals surface area contributed by atoms with E-state index < -0.39 is 15.9 Å². The number of aromatic nitrogens is 1. The highest BCUT2D eigenvalue weighted by Gasteiger charge is 2.17. The number of anilines is 2. The molecule has 1 amide bonds. The normalized spacial score (nSPS) is 10.9. The maximum Gasteiger partial charge on any atom is 0.261 e. The molecule has 2 N–H and O–H groups in total. The smallest absolute Gasteiger partial charge is 0.261 e. The van der Waals surface area contributed by atoms with Crippen LogP contribution in [-0.4, -0.2) is 26.4 Å². The maximum atomic E-state index is 12.7. The van der Waals surface area contributed by atoms with Crippen LogP contribution in [0.3, 0.4) is 0 Å². The number of pyridine rings is 1. The van der Waals surface area contributed by atoms with Crippen LogP contribution >= 0.6 is 11.6 Å². The Balaban J connectivity index is 1.83. The lowest BCUT2D eigenvalue weighted by Crippen LogP contribution is -2.15. The zero-order valence-electron chi connectivity index (χ0n) is 14.7. The number of rotatable bonds is 6. The SMILES string of the molecule is COc1ccc(NS(=O)(=O)c2ccc(Cl)c(NC(=O)c3cccnc3)c2)cc1. The molecule has 9 heteroatoms. The summed E-state index contributed by atoms with van der Waals surface area (Å²) in [7, 11) is -2.36. The number of carbonyl (C=O) groups is 1. The average Bonchev–Trinajstić information content (AvgIpc) is 2.70. The van der Waals surface area contributed by atoms with Gasteiger partial charge in [-0.3, -0.25) is 14.5 Å². The van der Waals surface area contributed by atoms with E-state index in [9.17, 15) is 13.2 Å². The Labute approximate surface area is 167 Å². The quantitative estimate of drug-likeness (QED) is 0.635. The van der Waals surface area contributed by atoms with Crippen LogP contribution < -0.4 is 14.8 Å². The predicted octanol–water partition coefficient (Wildman–Crippen LogP) is 3.80. The molecule has 0 bridgehead atoms. The van der Waals surface area contributed by atoms with Crippen LogP contribution in [0.5, 0.6) is 5.75 Å². The first-order chi connectivity index (χ1) is 13.4. The van der Waals surface area contributed by atoms with Gasteiger partial charge in [0.1, 0.15) is 5.75 Å². The molecule has 0 unspecified atom stereocenters. The van der Waals surface area contributed by atoms with Gasteiger partial charge in [0.2, 0.25) is 0 Å². The minimum atomic E-state index is -3.89. The number of ether oxygens (including phenoxy) is 1. The molecular weight excluding hydrogens is 402 g/mol. The molecule has 2 aromatic carbocycles. The third-order valence-electron chi connectivity index (χ3n) is 3.76. The van der Waals surface area contributed by atoms with E-state index in [0.29, 0.717) is 17.0 Å². The molecule has 0 saturated carbocycles. The van der Waals surface area contributed by atoms with Crippen LogP contribution in [-0.2, 0) is 10.0 Å². The van der Waals surface area contributed by atoms with Crippen LogP contribution in [0.1, 0.15) is 10.4 Å². The van der Waals surface area contributed by atoms with E-state index in [4.69, 9.17) is 16.3 Å². The van der Waals surface area contributed by atoms with Crippen molar-refractivity contribution in [1.82, 2.24) is 4.98 Å². The molecular formula is C19H16ClN3O4S. The summed E-state index contributed by atoms with van der Waals surface area (Å²) in [4.78, 5) is 16.1. The minimum Gasteiger partial charge on any atom is -0.497 e. The lowest BCUT2D eigenvalue weighted by molar-refractivity contribution is 0.102. The van der Waals surface area contributed by atoms with Crippen molar-refractivity contribution in [3.8, 4) is 5.75 Å². The summed E-state index contributed by atoms with van der Waals surface area (Å²) in [5.41, 5.74) is 0.869. The number of nitrogens with zero attached hydrogens (tertiary/aromatic N) is 1. The molecule has 0 aliphatic rings. The summed E-state index contributed by atoms with van der Waals surface area (Å²) in [6.45, 7) is 0. The van der Waals surface area contributed by atoms with Crippen molar-refractivity contribution in [3.63, 3.8) is 0 Å². The van der Waals surface area contributed by atoms with E-state index in [1.807, 2.05) is 0 Å². The summed E-state index contributed by atoms with van der Waals surface area (Å²) in [5.74, 6) is 0.155. The van der Waals surface area contributed by atoms with Gasteiger partial charge in [-0.25, -0.2) is 8.42 Å². The Hall–Kier alpha value is -3.10. The molecule has 1 aromatic heterocycles. The largest absolute Gasteiger partial charge is 0.497 e. The Bertz CT molecular complexity index is 1090. The van der Waals surface area contributed by atoms with Crippen molar-refractivity contribution < 1.29 is 17.9 Å². The van der Waals surface area contributed by atoms with E-state index >= 15 is 0 Å². The number of nitrogens with one attached hydrogen (secondary N) is 2. The summed E-state index contributed by atoms with van der Waals surface area (Å²) in [6.07, 6.45) is 2.94. The lowest BCUT2D eigenvalue weighted by Gasteiger charge is -2.12. The highest BCUT2D eigenvalue weighted by Crippen LogP contribution is 2.27. The minimum absolute atomic E-state index is 0.0470. The van der Waals surface area contributed by atoms with E-state index in [2.05, 4.69) is 15.0 Å². The first kappa shape index (κ1) is 19.7. The van der Waals surface area contributed by atoms with Gasteiger partial charge in [0.15, 0.2) is 0 Å². The average molecular weight is 418 g/mol. The van der Waals surface area contributed by atoms with Gasteiger partial charge in [0.25, 0.3) is 15.9 Å². The summed E-state index contributed by atoms with van der Waals surface area (Å²) >= 11 is 6.11. The summed E-state index contributed by atoms with van der Waals surface area (Å²) in [6, 6.07) is 13.7. The van der Waals surface area contributed by atoms with E-state index in [-0.39, 0.29) is 15.6 Å². The fourth-order valence-electron chi connectivity index (χ4n) is 2.33. The van der Waals surface area contributed by atoms with Crippen LogP contribution in [0.4, 0.5) is 11.4 Å². The molecule has 0 saturated heterocycles. The number of halogens is 1. The molecule has 7 nitrogen and oxygen atoms in total. The van der Waals surface area contributed by atoms with Crippen LogP contribution in [0.2, 0.25) is 5.02 Å². The van der Waals surface area contributed by atoms with Crippen molar-refractivity contribution in [2.45, 2.75) is 4.90 Å². The standard InChI is InChI=1S/C19H16ClN3O4S/c1-27-15-6-4-14(5-7-15)23-28(25,26)16-8-9-17(20)18(11-16)22-19(24)13-3-2-10-21-12-13/h2-12,23H,1H3,(H,22,24). The molecule has 3 aromatic rings. The summed E-state index contributed by atoms with van der Waals surface area (Å²) in [5, 5.41) is 2.81. The Morgan fingerprint density at radius 1 is 1.11 bits per heavy atom. The number of benzene rings is 2. The molecule has 0 spiro atoms. The number of carbonyl (C=O) groups excluding carboxylic acids is 1. The van der Waals surface area contributed by atoms with Crippen molar-refractivity contribution in [1.29, 1.82) is 0 Å². The fraction of sp³-hybridized carbons (Fsp3) is 0.0526. The Kier molecular flexibility index (Phi) is 5.81. The van der Waals surface area contributed by atoms with Crippen molar-refractivity contribution in [3.05, 3.63) is 77.6 Å². The molecule has 0 aliphatic carbocycles. The van der Waals surface area contributed by atoms with Gasteiger partial charge in [-0.2, -0.15) is 0 Å². The fourth-order valence-corrected chi connectivity index (χ4v) is 3.58. The zero-order valence-corrected chi connectivity index (χ0v) is 16.3. The first-order valence-electron chi connectivity index (χ1n) is 8.07. The van der Waals surface area contributed by atoms with Gasteiger partial charge in [-0.15, -0.1) is 0 Å². The number of hydrogen-bond acceptors (Lipinski definition) is 5. The van der Waals surface area contributed by atoms with Crippen LogP contribution in [0, 0.1) is 0 Å². The molecule has 3 rings (SSSR count). The van der Waals surface area contributed by atoms with Gasteiger partial charge >= 0.3 is 0 Å². The van der Waals surface area contributed by atoms with Gasteiger partial charge < -0.3 is 10.1 Å². The molecule has 1 heterocycles.